The predicted molar refractivity (Wildman–Crippen MR) is 123 cm³/mol. The molecule has 8 heteroatoms. The number of Topliss-reactive ketones (excluding diaryl/α,β-unsaturated/α-hetero) is 1. The van der Waals surface area contributed by atoms with Gasteiger partial charge in [-0.3, -0.25) is 9.59 Å². The van der Waals surface area contributed by atoms with Crippen molar-refractivity contribution in [1.82, 2.24) is 4.90 Å². The van der Waals surface area contributed by atoms with Crippen molar-refractivity contribution in [1.29, 1.82) is 0 Å². The summed E-state index contributed by atoms with van der Waals surface area (Å²) in [4.78, 5) is 28.5. The zero-order valence-corrected chi connectivity index (χ0v) is 19.1. The van der Waals surface area contributed by atoms with Gasteiger partial charge in [-0.25, -0.2) is 4.39 Å². The number of aryl methyl sites for hydroxylation is 1. The quantitative estimate of drug-likeness (QED) is 0.319. The first kappa shape index (κ1) is 22.5. The molecule has 1 aromatic heterocycles. The first-order valence-electron chi connectivity index (χ1n) is 10.1. The van der Waals surface area contributed by atoms with Crippen LogP contribution in [-0.2, 0) is 16.1 Å². The minimum atomic E-state index is -0.800. The lowest BCUT2D eigenvalue weighted by atomic mass is 9.97. The van der Waals surface area contributed by atoms with Gasteiger partial charge in [0.2, 0.25) is 0 Å². The van der Waals surface area contributed by atoms with Crippen LogP contribution in [0.4, 0.5) is 4.39 Å². The Bertz CT molecular complexity index is 1250. The topological polar surface area (TPSA) is 76.1 Å². The van der Waals surface area contributed by atoms with Crippen LogP contribution < -0.4 is 9.47 Å². The number of carbonyl (C=O) groups excluding carboxylic acids is 2. The van der Waals surface area contributed by atoms with E-state index in [4.69, 9.17) is 9.47 Å². The van der Waals surface area contributed by atoms with Crippen LogP contribution in [-0.4, -0.2) is 35.9 Å². The van der Waals surface area contributed by atoms with Gasteiger partial charge in [-0.2, -0.15) is 0 Å². The fraction of sp³-hybridized carbons (Fsp3) is 0.200. The van der Waals surface area contributed by atoms with Crippen LogP contribution in [0.25, 0.3) is 5.76 Å². The Hall–Kier alpha value is -3.65. The molecule has 1 amide bonds. The second kappa shape index (κ2) is 9.07. The summed E-state index contributed by atoms with van der Waals surface area (Å²) in [6.45, 7) is 1.97. The summed E-state index contributed by atoms with van der Waals surface area (Å²) in [5, 5.41) is 13.2. The third-order valence-corrected chi connectivity index (χ3v) is 6.69. The van der Waals surface area contributed by atoms with E-state index in [0.29, 0.717) is 17.1 Å². The van der Waals surface area contributed by atoms with Crippen LogP contribution >= 0.6 is 11.3 Å². The molecular weight excluding hydrogens is 445 g/mol. The van der Waals surface area contributed by atoms with Gasteiger partial charge in [0.25, 0.3) is 11.7 Å². The maximum Gasteiger partial charge on any atom is 0.295 e. The Morgan fingerprint density at radius 1 is 1.09 bits per heavy atom. The lowest BCUT2D eigenvalue weighted by molar-refractivity contribution is -0.140. The van der Waals surface area contributed by atoms with Crippen LogP contribution in [0.1, 0.15) is 27.6 Å². The zero-order valence-electron chi connectivity index (χ0n) is 18.3. The van der Waals surface area contributed by atoms with Crippen molar-refractivity contribution in [2.75, 3.05) is 14.2 Å². The van der Waals surface area contributed by atoms with Crippen molar-refractivity contribution in [2.45, 2.75) is 19.5 Å². The monoisotopic (exact) mass is 467 g/mol. The van der Waals surface area contributed by atoms with Crippen molar-refractivity contribution >= 4 is 28.8 Å². The van der Waals surface area contributed by atoms with Gasteiger partial charge < -0.3 is 19.5 Å². The Labute approximate surface area is 194 Å². The molecule has 1 unspecified atom stereocenters. The first-order chi connectivity index (χ1) is 15.8. The van der Waals surface area contributed by atoms with Crippen molar-refractivity contribution in [3.05, 3.63) is 86.9 Å². The molecular formula is C25H22FNO5S. The average molecular weight is 468 g/mol. The third-order valence-electron chi connectivity index (χ3n) is 5.62. The fourth-order valence-corrected chi connectivity index (χ4v) is 4.96. The fourth-order valence-electron chi connectivity index (χ4n) is 3.91. The number of carbonyl (C=O) groups is 2. The normalized spacial score (nSPS) is 17.5. The van der Waals surface area contributed by atoms with Gasteiger partial charge in [0.05, 0.1) is 25.4 Å². The standard InChI is InChI=1S/C25H22FNO5S/c1-14-10-11-33-24(14)21-20(22(28)18-12-17(31-2)8-9-19(18)32-3)23(29)25(30)27(21)13-15-4-6-16(26)7-5-15/h4-12,21,28H,13H2,1-3H3/b22-20+. The number of ketones is 1. The van der Waals surface area contributed by atoms with E-state index in [-0.39, 0.29) is 23.4 Å². The summed E-state index contributed by atoms with van der Waals surface area (Å²) in [6.07, 6.45) is 0. The lowest BCUT2D eigenvalue weighted by Crippen LogP contribution is -2.29. The highest BCUT2D eigenvalue weighted by molar-refractivity contribution is 7.10. The third kappa shape index (κ3) is 4.09. The second-order valence-corrected chi connectivity index (χ2v) is 8.54. The van der Waals surface area contributed by atoms with Crippen LogP contribution in [0.3, 0.4) is 0 Å². The minimum Gasteiger partial charge on any atom is -0.507 e. The molecule has 0 spiro atoms. The van der Waals surface area contributed by atoms with E-state index in [1.54, 1.807) is 30.3 Å². The van der Waals surface area contributed by atoms with Crippen LogP contribution in [0.15, 0.2) is 59.5 Å². The maximum atomic E-state index is 13.4. The van der Waals surface area contributed by atoms with E-state index in [9.17, 15) is 19.1 Å². The highest BCUT2D eigenvalue weighted by Gasteiger charge is 2.47. The average Bonchev–Trinajstić information content (AvgIpc) is 3.35. The van der Waals surface area contributed by atoms with Crippen LogP contribution in [0.2, 0.25) is 0 Å². The number of ether oxygens (including phenoxy) is 2. The van der Waals surface area contributed by atoms with Gasteiger partial charge in [0, 0.05) is 11.4 Å². The Morgan fingerprint density at radius 2 is 1.82 bits per heavy atom. The molecule has 1 N–H and O–H groups in total. The molecule has 0 saturated carbocycles. The predicted octanol–water partition coefficient (Wildman–Crippen LogP) is 4.83. The van der Waals surface area contributed by atoms with Crippen molar-refractivity contribution in [3.8, 4) is 11.5 Å². The van der Waals surface area contributed by atoms with Gasteiger partial charge in [-0.05, 0) is 59.8 Å². The highest BCUT2D eigenvalue weighted by Crippen LogP contribution is 2.44. The van der Waals surface area contributed by atoms with E-state index < -0.39 is 23.5 Å². The Kier molecular flexibility index (Phi) is 6.20. The molecule has 170 valence electrons. The molecule has 0 bridgehead atoms. The molecule has 2 heterocycles. The van der Waals surface area contributed by atoms with Crippen molar-refractivity contribution < 1.29 is 28.6 Å². The first-order valence-corrected chi connectivity index (χ1v) is 11.0. The largest absolute Gasteiger partial charge is 0.507 e. The van der Waals surface area contributed by atoms with Gasteiger partial charge in [0.15, 0.2) is 0 Å². The molecule has 0 radical (unpaired) electrons. The number of hydrogen-bond acceptors (Lipinski definition) is 6. The number of methoxy groups -OCH3 is 2. The summed E-state index contributed by atoms with van der Waals surface area (Å²) in [7, 11) is 2.94. The second-order valence-electron chi connectivity index (χ2n) is 7.59. The summed E-state index contributed by atoms with van der Waals surface area (Å²) >= 11 is 1.39. The summed E-state index contributed by atoms with van der Waals surface area (Å²) in [5.41, 5.74) is 1.77. The Morgan fingerprint density at radius 3 is 2.42 bits per heavy atom. The number of rotatable bonds is 6. The molecule has 3 aromatic rings. The van der Waals surface area contributed by atoms with Crippen LogP contribution in [0.5, 0.6) is 11.5 Å². The zero-order chi connectivity index (χ0) is 23.7. The molecule has 1 saturated heterocycles. The number of likely N-dealkylation sites (tertiary alicyclic amines) is 1. The number of amides is 1. The number of benzene rings is 2. The number of aliphatic hydroxyl groups excluding tert-OH is 1. The molecule has 1 atom stereocenters. The molecule has 6 nitrogen and oxygen atoms in total. The van der Waals surface area contributed by atoms with Crippen LogP contribution in [0, 0.1) is 12.7 Å². The maximum absolute atomic E-state index is 13.4. The number of aliphatic hydroxyl groups is 1. The summed E-state index contributed by atoms with van der Waals surface area (Å²) in [6, 6.07) is 11.7. The number of thiophene rings is 1. The molecule has 2 aromatic carbocycles. The Balaban J connectivity index is 1.89. The van der Waals surface area contributed by atoms with E-state index in [1.165, 1.54) is 42.6 Å². The lowest BCUT2D eigenvalue weighted by Gasteiger charge is -2.25. The van der Waals surface area contributed by atoms with E-state index in [2.05, 4.69) is 0 Å². The molecule has 33 heavy (non-hydrogen) atoms. The van der Waals surface area contributed by atoms with Gasteiger partial charge in [-0.1, -0.05) is 12.1 Å². The molecule has 4 rings (SSSR count). The van der Waals surface area contributed by atoms with E-state index in [1.807, 2.05) is 18.4 Å². The van der Waals surface area contributed by atoms with E-state index >= 15 is 0 Å². The molecule has 1 aliphatic rings. The summed E-state index contributed by atoms with van der Waals surface area (Å²) in [5.74, 6) is -1.47. The molecule has 1 fully saturated rings. The molecule has 1 aliphatic heterocycles. The van der Waals surface area contributed by atoms with Crippen molar-refractivity contribution in [3.63, 3.8) is 0 Å². The molecule has 0 aliphatic carbocycles. The SMILES string of the molecule is COc1ccc(OC)c(/C(O)=C2\C(=O)C(=O)N(Cc3ccc(F)cc3)C2c2sccc2C)c1. The number of hydrogen-bond donors (Lipinski definition) is 1. The highest BCUT2D eigenvalue weighted by atomic mass is 32.1. The van der Waals surface area contributed by atoms with Gasteiger partial charge in [0.1, 0.15) is 29.1 Å². The minimum absolute atomic E-state index is 0.0285. The van der Waals surface area contributed by atoms with Gasteiger partial charge >= 0.3 is 0 Å². The van der Waals surface area contributed by atoms with Gasteiger partial charge in [-0.15, -0.1) is 11.3 Å². The van der Waals surface area contributed by atoms with E-state index in [0.717, 1.165) is 10.4 Å². The van der Waals surface area contributed by atoms with Crippen molar-refractivity contribution in [2.24, 2.45) is 0 Å². The summed E-state index contributed by atoms with van der Waals surface area (Å²) < 4.78 is 24.0. The number of halogens is 1. The number of nitrogens with zero attached hydrogens (tertiary/aromatic N) is 1. The smallest absolute Gasteiger partial charge is 0.295 e.